The van der Waals surface area contributed by atoms with Gasteiger partial charge in [-0.2, -0.15) is 0 Å². The quantitative estimate of drug-likeness (QED) is 0.584. The monoisotopic (exact) mass is 362 g/mol. The summed E-state index contributed by atoms with van der Waals surface area (Å²) < 4.78 is 0. The molecule has 0 spiro atoms. The van der Waals surface area contributed by atoms with E-state index >= 15 is 0 Å². The number of carboxylic acids is 4. The van der Waals surface area contributed by atoms with Crippen LogP contribution in [0, 0.1) is 35.5 Å². The van der Waals surface area contributed by atoms with Crippen LogP contribution in [0.3, 0.4) is 0 Å². The summed E-state index contributed by atoms with van der Waals surface area (Å²) in [4.78, 5) is 46.9. The van der Waals surface area contributed by atoms with E-state index in [4.69, 9.17) is 0 Å². The topological polar surface area (TPSA) is 149 Å². The van der Waals surface area contributed by atoms with Crippen LogP contribution in [0.4, 0.5) is 0 Å². The number of hydrogen-bond donors (Lipinski definition) is 4. The van der Waals surface area contributed by atoms with E-state index in [9.17, 15) is 39.6 Å². The van der Waals surface area contributed by atoms with Gasteiger partial charge in [0.25, 0.3) is 0 Å². The summed E-state index contributed by atoms with van der Waals surface area (Å²) in [5.74, 6) is -12.0. The third kappa shape index (κ3) is 2.71. The SMILES string of the molecule is O=C(O)C1C=CC2=CC=C3CCC(C(=O)O)C(C(=O)O)C3C2C1C(=O)O. The fraction of sp³-hybridized carbons (Fsp3) is 0.444. The van der Waals surface area contributed by atoms with Gasteiger partial charge in [-0.3, -0.25) is 19.2 Å². The normalized spacial score (nSPS) is 35.4. The summed E-state index contributed by atoms with van der Waals surface area (Å²) in [5, 5.41) is 38.2. The molecule has 3 aliphatic carbocycles. The molecule has 8 nitrogen and oxygen atoms in total. The first-order valence-electron chi connectivity index (χ1n) is 8.24. The maximum absolute atomic E-state index is 11.9. The number of allylic oxidation sites excluding steroid dienone is 5. The van der Waals surface area contributed by atoms with Gasteiger partial charge in [-0.15, -0.1) is 0 Å². The van der Waals surface area contributed by atoms with Gasteiger partial charge in [0.2, 0.25) is 0 Å². The molecule has 1 fully saturated rings. The zero-order chi connectivity index (χ0) is 19.2. The lowest BCUT2D eigenvalue weighted by Crippen LogP contribution is -2.49. The molecule has 0 aromatic carbocycles. The molecular formula is C18H18O8. The molecule has 1 saturated carbocycles. The van der Waals surface area contributed by atoms with Crippen molar-refractivity contribution in [2.24, 2.45) is 35.5 Å². The minimum absolute atomic E-state index is 0.153. The van der Waals surface area contributed by atoms with Gasteiger partial charge in [0, 0.05) is 11.8 Å². The van der Waals surface area contributed by atoms with Crippen molar-refractivity contribution < 1.29 is 39.6 Å². The molecule has 0 radical (unpaired) electrons. The summed E-state index contributed by atoms with van der Waals surface area (Å²) >= 11 is 0. The highest BCUT2D eigenvalue weighted by atomic mass is 16.4. The van der Waals surface area contributed by atoms with Crippen LogP contribution in [0.15, 0.2) is 35.5 Å². The summed E-state index contributed by atoms with van der Waals surface area (Å²) in [7, 11) is 0. The third-order valence-corrected chi connectivity index (χ3v) is 5.70. The van der Waals surface area contributed by atoms with Crippen molar-refractivity contribution in [2.45, 2.75) is 12.8 Å². The molecule has 0 heterocycles. The van der Waals surface area contributed by atoms with Crippen molar-refractivity contribution >= 4 is 23.9 Å². The highest BCUT2D eigenvalue weighted by Crippen LogP contribution is 2.52. The first-order chi connectivity index (χ1) is 12.2. The molecule has 8 heteroatoms. The third-order valence-electron chi connectivity index (χ3n) is 5.70. The fourth-order valence-electron chi connectivity index (χ4n) is 4.62. The minimum Gasteiger partial charge on any atom is -0.481 e. The van der Waals surface area contributed by atoms with Crippen LogP contribution in [0.2, 0.25) is 0 Å². The van der Waals surface area contributed by atoms with E-state index in [0.29, 0.717) is 17.6 Å². The Morgan fingerprint density at radius 2 is 1.46 bits per heavy atom. The molecule has 6 atom stereocenters. The zero-order valence-electron chi connectivity index (χ0n) is 13.6. The summed E-state index contributed by atoms with van der Waals surface area (Å²) in [6.45, 7) is 0. The standard InChI is InChI=1S/C18H18O8/c19-15(20)9-5-3-7-1-2-8-4-6-10(16(21)22)14(18(25)26)12(8)11(7)13(9)17(23)24/h1-3,5,9-14H,4,6H2,(H,19,20)(H,21,22)(H,23,24)(H,25,26). The second-order valence-corrected chi connectivity index (χ2v) is 6.89. The Hall–Kier alpha value is -2.90. The van der Waals surface area contributed by atoms with Crippen molar-refractivity contribution in [3.8, 4) is 0 Å². The van der Waals surface area contributed by atoms with E-state index in [1.807, 2.05) is 0 Å². The van der Waals surface area contributed by atoms with Crippen molar-refractivity contribution in [3.63, 3.8) is 0 Å². The Balaban J connectivity index is 2.14. The Labute approximate surface area is 148 Å². The summed E-state index contributed by atoms with van der Waals surface area (Å²) in [6, 6.07) is 0. The van der Waals surface area contributed by atoms with Gasteiger partial charge in [-0.1, -0.05) is 29.9 Å². The largest absolute Gasteiger partial charge is 0.481 e. The molecule has 0 aromatic rings. The van der Waals surface area contributed by atoms with Gasteiger partial charge in [0.05, 0.1) is 23.7 Å². The molecule has 4 N–H and O–H groups in total. The fourth-order valence-corrected chi connectivity index (χ4v) is 4.62. The Kier molecular flexibility index (Phi) is 4.43. The molecule has 0 saturated heterocycles. The molecular weight excluding hydrogens is 344 g/mol. The van der Waals surface area contributed by atoms with Crippen molar-refractivity contribution in [3.05, 3.63) is 35.5 Å². The van der Waals surface area contributed by atoms with Crippen molar-refractivity contribution in [1.82, 2.24) is 0 Å². The smallest absolute Gasteiger partial charge is 0.311 e. The van der Waals surface area contributed by atoms with E-state index in [1.165, 1.54) is 12.2 Å². The molecule has 0 aromatic heterocycles. The minimum atomic E-state index is -1.35. The molecule has 3 aliphatic rings. The van der Waals surface area contributed by atoms with Crippen LogP contribution >= 0.6 is 0 Å². The lowest BCUT2D eigenvalue weighted by molar-refractivity contribution is -0.161. The Morgan fingerprint density at radius 1 is 0.808 bits per heavy atom. The lowest BCUT2D eigenvalue weighted by Gasteiger charge is -2.46. The van der Waals surface area contributed by atoms with Crippen LogP contribution in [0.1, 0.15) is 12.8 Å². The maximum Gasteiger partial charge on any atom is 0.311 e. The van der Waals surface area contributed by atoms with E-state index in [0.717, 1.165) is 0 Å². The predicted octanol–water partition coefficient (Wildman–Crippen LogP) is 1.25. The van der Waals surface area contributed by atoms with Crippen LogP contribution in [-0.2, 0) is 19.2 Å². The number of aliphatic carboxylic acids is 4. The van der Waals surface area contributed by atoms with Crippen molar-refractivity contribution in [2.75, 3.05) is 0 Å². The summed E-state index contributed by atoms with van der Waals surface area (Å²) in [6.07, 6.45) is 6.71. The molecule has 3 rings (SSSR count). The number of fused-ring (bicyclic) bond motifs is 3. The van der Waals surface area contributed by atoms with Crippen LogP contribution in [0.5, 0.6) is 0 Å². The van der Waals surface area contributed by atoms with Crippen LogP contribution in [0.25, 0.3) is 0 Å². The first kappa shape index (κ1) is 17.9. The van der Waals surface area contributed by atoms with Gasteiger partial charge in [0.15, 0.2) is 0 Å². The van der Waals surface area contributed by atoms with Crippen LogP contribution < -0.4 is 0 Å². The molecule has 26 heavy (non-hydrogen) atoms. The molecule has 6 unspecified atom stereocenters. The van der Waals surface area contributed by atoms with Gasteiger partial charge in [-0.05, 0) is 18.4 Å². The second-order valence-electron chi connectivity index (χ2n) is 6.89. The number of rotatable bonds is 4. The molecule has 0 bridgehead atoms. The van der Waals surface area contributed by atoms with Gasteiger partial charge >= 0.3 is 23.9 Å². The van der Waals surface area contributed by atoms with Gasteiger partial charge in [0.1, 0.15) is 0 Å². The Morgan fingerprint density at radius 3 is 2.00 bits per heavy atom. The molecule has 138 valence electrons. The number of carbonyl (C=O) groups is 4. The average Bonchev–Trinajstić information content (AvgIpc) is 2.58. The predicted molar refractivity (Wildman–Crippen MR) is 86.0 cm³/mol. The number of hydrogen-bond acceptors (Lipinski definition) is 4. The zero-order valence-corrected chi connectivity index (χ0v) is 13.6. The van der Waals surface area contributed by atoms with E-state index in [2.05, 4.69) is 0 Å². The second kappa shape index (κ2) is 6.44. The maximum atomic E-state index is 11.9. The van der Waals surface area contributed by atoms with Crippen LogP contribution in [-0.4, -0.2) is 44.3 Å². The molecule has 0 aliphatic heterocycles. The first-order valence-corrected chi connectivity index (χ1v) is 8.24. The lowest BCUT2D eigenvalue weighted by atomic mass is 9.56. The highest BCUT2D eigenvalue weighted by molar-refractivity contribution is 5.85. The van der Waals surface area contributed by atoms with Gasteiger partial charge < -0.3 is 20.4 Å². The van der Waals surface area contributed by atoms with E-state index in [-0.39, 0.29) is 6.42 Å². The number of carboxylic acid groups (broad SMARTS) is 4. The highest BCUT2D eigenvalue weighted by Gasteiger charge is 2.54. The van der Waals surface area contributed by atoms with E-state index < -0.39 is 59.4 Å². The van der Waals surface area contributed by atoms with E-state index in [1.54, 1.807) is 12.2 Å². The van der Waals surface area contributed by atoms with Gasteiger partial charge in [-0.25, -0.2) is 0 Å². The molecule has 0 amide bonds. The van der Waals surface area contributed by atoms with Crippen molar-refractivity contribution in [1.29, 1.82) is 0 Å². The Bertz CT molecular complexity index is 774. The average molecular weight is 362 g/mol. The summed E-state index contributed by atoms with van der Waals surface area (Å²) in [5.41, 5.74) is 1.20.